The smallest absolute Gasteiger partial charge is 0.246 e. The summed E-state index contributed by atoms with van der Waals surface area (Å²) in [5, 5.41) is 6.66. The molecule has 0 bridgehead atoms. The molecular formula is C17H17N3O4. The second kappa shape index (κ2) is 7.45. The molecule has 1 N–H and O–H groups in total. The average molecular weight is 327 g/mol. The van der Waals surface area contributed by atoms with Crippen molar-refractivity contribution in [3.05, 3.63) is 54.3 Å². The van der Waals surface area contributed by atoms with Crippen LogP contribution < -0.4 is 10.1 Å². The molecule has 0 saturated heterocycles. The number of carbonyl (C=O) groups excluding carboxylic acids is 1. The topological polar surface area (TPSA) is 90.4 Å². The van der Waals surface area contributed by atoms with Gasteiger partial charge in [-0.15, -0.1) is 0 Å². The van der Waals surface area contributed by atoms with Gasteiger partial charge in [-0.2, -0.15) is 4.98 Å². The molecule has 1 aromatic carbocycles. The zero-order chi connectivity index (χ0) is 16.8. The SMILES string of the molecule is COc1ccc(-c2noc(CNC(=O)CCc3ccco3)n2)cc1. The number of aromatic nitrogens is 2. The van der Waals surface area contributed by atoms with Crippen LogP contribution in [-0.2, 0) is 17.8 Å². The molecule has 7 heteroatoms. The number of methoxy groups -OCH3 is 1. The lowest BCUT2D eigenvalue weighted by molar-refractivity contribution is -0.121. The van der Waals surface area contributed by atoms with E-state index in [1.807, 2.05) is 30.3 Å². The third kappa shape index (κ3) is 4.01. The van der Waals surface area contributed by atoms with Gasteiger partial charge in [0.15, 0.2) is 0 Å². The normalized spacial score (nSPS) is 10.5. The van der Waals surface area contributed by atoms with E-state index in [1.165, 1.54) is 0 Å². The van der Waals surface area contributed by atoms with Gasteiger partial charge in [0.2, 0.25) is 17.6 Å². The summed E-state index contributed by atoms with van der Waals surface area (Å²) in [6.07, 6.45) is 2.49. The van der Waals surface area contributed by atoms with Crippen LogP contribution in [0.15, 0.2) is 51.6 Å². The molecule has 1 amide bonds. The number of hydrogen-bond donors (Lipinski definition) is 1. The number of benzene rings is 1. The molecule has 7 nitrogen and oxygen atoms in total. The van der Waals surface area contributed by atoms with Crippen molar-refractivity contribution in [1.29, 1.82) is 0 Å². The minimum absolute atomic E-state index is 0.101. The molecule has 2 heterocycles. The van der Waals surface area contributed by atoms with Crippen LogP contribution in [-0.4, -0.2) is 23.2 Å². The van der Waals surface area contributed by atoms with Gasteiger partial charge in [-0.25, -0.2) is 0 Å². The highest BCUT2D eigenvalue weighted by Crippen LogP contribution is 2.19. The summed E-state index contributed by atoms with van der Waals surface area (Å²) < 4.78 is 15.4. The highest BCUT2D eigenvalue weighted by Gasteiger charge is 2.10. The van der Waals surface area contributed by atoms with E-state index in [2.05, 4.69) is 15.5 Å². The van der Waals surface area contributed by atoms with Crippen LogP contribution in [0.3, 0.4) is 0 Å². The summed E-state index contributed by atoms with van der Waals surface area (Å²) in [5.74, 6) is 2.26. The van der Waals surface area contributed by atoms with Gasteiger partial charge in [-0.3, -0.25) is 4.79 Å². The number of amides is 1. The Hall–Kier alpha value is -3.09. The Kier molecular flexibility index (Phi) is 4.90. The average Bonchev–Trinajstić information content (AvgIpc) is 3.30. The molecule has 0 radical (unpaired) electrons. The standard InChI is InChI=1S/C17H17N3O4/c1-22-13-6-4-12(5-7-13)17-19-16(24-20-17)11-18-15(21)9-8-14-3-2-10-23-14/h2-7,10H,8-9,11H2,1H3,(H,18,21). The molecule has 2 aromatic heterocycles. The summed E-state index contributed by atoms with van der Waals surface area (Å²) >= 11 is 0. The van der Waals surface area contributed by atoms with Crippen LogP contribution in [0.1, 0.15) is 18.1 Å². The van der Waals surface area contributed by atoms with E-state index in [-0.39, 0.29) is 12.5 Å². The fourth-order valence-corrected chi connectivity index (χ4v) is 2.14. The quantitative estimate of drug-likeness (QED) is 0.717. The van der Waals surface area contributed by atoms with Crippen molar-refractivity contribution in [1.82, 2.24) is 15.5 Å². The van der Waals surface area contributed by atoms with Gasteiger partial charge in [0.05, 0.1) is 19.9 Å². The lowest BCUT2D eigenvalue weighted by atomic mass is 10.2. The third-order valence-electron chi connectivity index (χ3n) is 3.43. The van der Waals surface area contributed by atoms with Crippen molar-refractivity contribution in [3.63, 3.8) is 0 Å². The second-order valence-electron chi connectivity index (χ2n) is 5.10. The highest BCUT2D eigenvalue weighted by atomic mass is 16.5. The number of nitrogens with one attached hydrogen (secondary N) is 1. The maximum Gasteiger partial charge on any atom is 0.246 e. The predicted molar refractivity (Wildman–Crippen MR) is 85.2 cm³/mol. The number of carbonyl (C=O) groups is 1. The first kappa shape index (κ1) is 15.8. The molecule has 0 unspecified atom stereocenters. The highest BCUT2D eigenvalue weighted by molar-refractivity contribution is 5.75. The Labute approximate surface area is 138 Å². The van der Waals surface area contributed by atoms with Crippen LogP contribution in [0.25, 0.3) is 11.4 Å². The molecular weight excluding hydrogens is 310 g/mol. The summed E-state index contributed by atoms with van der Waals surface area (Å²) in [7, 11) is 1.61. The number of rotatable bonds is 7. The molecule has 24 heavy (non-hydrogen) atoms. The molecule has 0 aliphatic rings. The van der Waals surface area contributed by atoms with Crippen molar-refractivity contribution in [3.8, 4) is 17.1 Å². The van der Waals surface area contributed by atoms with E-state index in [1.54, 1.807) is 19.4 Å². The number of ether oxygens (including phenoxy) is 1. The second-order valence-corrected chi connectivity index (χ2v) is 5.10. The Morgan fingerprint density at radius 1 is 1.25 bits per heavy atom. The first-order chi connectivity index (χ1) is 11.7. The molecule has 0 aliphatic carbocycles. The van der Waals surface area contributed by atoms with E-state index in [0.717, 1.165) is 17.1 Å². The summed E-state index contributed by atoms with van der Waals surface area (Å²) in [5.41, 5.74) is 0.815. The number of furan rings is 1. The number of aryl methyl sites for hydroxylation is 1. The molecule has 124 valence electrons. The van der Waals surface area contributed by atoms with E-state index in [0.29, 0.717) is 24.6 Å². The first-order valence-electron chi connectivity index (χ1n) is 7.50. The Bertz CT molecular complexity index is 779. The van der Waals surface area contributed by atoms with Crippen molar-refractivity contribution < 1.29 is 18.5 Å². The van der Waals surface area contributed by atoms with Crippen LogP contribution in [0.4, 0.5) is 0 Å². The Morgan fingerprint density at radius 3 is 2.79 bits per heavy atom. The zero-order valence-electron chi connectivity index (χ0n) is 13.2. The molecule has 0 atom stereocenters. The van der Waals surface area contributed by atoms with Gasteiger partial charge in [0, 0.05) is 18.4 Å². The fourth-order valence-electron chi connectivity index (χ4n) is 2.14. The minimum Gasteiger partial charge on any atom is -0.497 e. The molecule has 0 saturated carbocycles. The van der Waals surface area contributed by atoms with E-state index in [9.17, 15) is 4.79 Å². The van der Waals surface area contributed by atoms with Gasteiger partial charge < -0.3 is 19.0 Å². The molecule has 0 aliphatic heterocycles. The van der Waals surface area contributed by atoms with Gasteiger partial charge >= 0.3 is 0 Å². The van der Waals surface area contributed by atoms with Gasteiger partial charge in [-0.05, 0) is 36.4 Å². The Balaban J connectivity index is 1.51. The third-order valence-corrected chi connectivity index (χ3v) is 3.43. The van der Waals surface area contributed by atoms with Crippen molar-refractivity contribution >= 4 is 5.91 Å². The lowest BCUT2D eigenvalue weighted by Gasteiger charge is -2.00. The van der Waals surface area contributed by atoms with Crippen molar-refractivity contribution in [2.24, 2.45) is 0 Å². The van der Waals surface area contributed by atoms with E-state index in [4.69, 9.17) is 13.7 Å². The maximum atomic E-state index is 11.8. The zero-order valence-corrected chi connectivity index (χ0v) is 13.2. The van der Waals surface area contributed by atoms with Crippen molar-refractivity contribution in [2.75, 3.05) is 7.11 Å². The van der Waals surface area contributed by atoms with Gasteiger partial charge in [0.1, 0.15) is 11.5 Å². The van der Waals surface area contributed by atoms with E-state index < -0.39 is 0 Å². The summed E-state index contributed by atoms with van der Waals surface area (Å²) in [4.78, 5) is 16.1. The minimum atomic E-state index is -0.101. The molecule has 0 spiro atoms. The van der Waals surface area contributed by atoms with Crippen LogP contribution in [0.2, 0.25) is 0 Å². The molecule has 3 aromatic rings. The largest absolute Gasteiger partial charge is 0.497 e. The number of nitrogens with zero attached hydrogens (tertiary/aromatic N) is 2. The van der Waals surface area contributed by atoms with Crippen LogP contribution >= 0.6 is 0 Å². The van der Waals surface area contributed by atoms with Crippen LogP contribution in [0, 0.1) is 0 Å². The summed E-state index contributed by atoms with van der Waals surface area (Å²) in [6.45, 7) is 0.195. The molecule has 0 fully saturated rings. The first-order valence-corrected chi connectivity index (χ1v) is 7.50. The maximum absolute atomic E-state index is 11.8. The van der Waals surface area contributed by atoms with Crippen molar-refractivity contribution in [2.45, 2.75) is 19.4 Å². The number of hydrogen-bond acceptors (Lipinski definition) is 6. The molecule has 3 rings (SSSR count). The van der Waals surface area contributed by atoms with E-state index >= 15 is 0 Å². The lowest BCUT2D eigenvalue weighted by Crippen LogP contribution is -2.23. The van der Waals surface area contributed by atoms with Crippen LogP contribution in [0.5, 0.6) is 5.75 Å². The van der Waals surface area contributed by atoms with Gasteiger partial charge in [0.25, 0.3) is 0 Å². The fraction of sp³-hybridized carbons (Fsp3) is 0.235. The van der Waals surface area contributed by atoms with Gasteiger partial charge in [-0.1, -0.05) is 5.16 Å². The Morgan fingerprint density at radius 2 is 2.08 bits per heavy atom. The summed E-state index contributed by atoms with van der Waals surface area (Å²) in [6, 6.07) is 11.0. The predicted octanol–water partition coefficient (Wildman–Crippen LogP) is 2.59. The monoisotopic (exact) mass is 327 g/mol.